The molecule has 0 unspecified atom stereocenters. The fourth-order valence-corrected chi connectivity index (χ4v) is 0.917. The highest BCUT2D eigenvalue weighted by Gasteiger charge is 1.99. The lowest BCUT2D eigenvalue weighted by Gasteiger charge is -1.97. The number of nitrogens with zero attached hydrogens (tertiary/aromatic N) is 3. The molecule has 0 saturated heterocycles. The molecule has 0 bridgehead atoms. The quantitative estimate of drug-likeness (QED) is 0.751. The van der Waals surface area contributed by atoms with E-state index in [4.69, 9.17) is 4.42 Å². The lowest BCUT2D eigenvalue weighted by molar-refractivity contribution is 0.550. The van der Waals surface area contributed by atoms with E-state index >= 15 is 0 Å². The molecule has 1 N–H and O–H groups in total. The van der Waals surface area contributed by atoms with Crippen LogP contribution in [0, 0.1) is 6.92 Å². The van der Waals surface area contributed by atoms with Crippen molar-refractivity contribution >= 4 is 11.8 Å². The summed E-state index contributed by atoms with van der Waals surface area (Å²) in [4.78, 5) is 3.94. The van der Waals surface area contributed by atoms with Crippen LogP contribution < -0.4 is 5.32 Å². The van der Waals surface area contributed by atoms with Crippen molar-refractivity contribution in [3.8, 4) is 0 Å². The van der Waals surface area contributed by atoms with Crippen LogP contribution >= 0.6 is 0 Å². The molecule has 13 heavy (non-hydrogen) atoms. The summed E-state index contributed by atoms with van der Waals surface area (Å²) in [7, 11) is 0. The zero-order valence-corrected chi connectivity index (χ0v) is 7.06. The van der Waals surface area contributed by atoms with E-state index in [1.165, 1.54) is 6.20 Å². The van der Waals surface area contributed by atoms with Gasteiger partial charge in [0.2, 0.25) is 5.95 Å². The van der Waals surface area contributed by atoms with Gasteiger partial charge < -0.3 is 4.42 Å². The molecule has 0 aliphatic carbocycles. The Balaban J connectivity index is 2.15. The van der Waals surface area contributed by atoms with Gasteiger partial charge in [-0.25, -0.2) is 4.98 Å². The van der Waals surface area contributed by atoms with Gasteiger partial charge in [0.25, 0.3) is 0 Å². The minimum Gasteiger partial charge on any atom is -0.446 e. The molecule has 2 aromatic heterocycles. The van der Waals surface area contributed by atoms with Gasteiger partial charge in [0.05, 0.1) is 12.4 Å². The first-order valence-corrected chi connectivity index (χ1v) is 3.82. The highest BCUT2D eigenvalue weighted by molar-refractivity contribution is 5.44. The Kier molecular flexibility index (Phi) is 1.91. The van der Waals surface area contributed by atoms with E-state index in [1.54, 1.807) is 6.20 Å². The van der Waals surface area contributed by atoms with Crippen molar-refractivity contribution in [2.24, 2.45) is 0 Å². The van der Waals surface area contributed by atoms with Crippen molar-refractivity contribution < 1.29 is 4.42 Å². The third-order valence-corrected chi connectivity index (χ3v) is 1.46. The van der Waals surface area contributed by atoms with Gasteiger partial charge in [0.15, 0.2) is 5.88 Å². The largest absolute Gasteiger partial charge is 0.446 e. The van der Waals surface area contributed by atoms with Gasteiger partial charge in [-0.1, -0.05) is 0 Å². The highest BCUT2D eigenvalue weighted by atomic mass is 16.4. The summed E-state index contributed by atoms with van der Waals surface area (Å²) >= 11 is 0. The van der Waals surface area contributed by atoms with Crippen LogP contribution in [0.2, 0.25) is 0 Å². The molecule has 66 valence electrons. The molecule has 0 amide bonds. The van der Waals surface area contributed by atoms with Crippen LogP contribution in [0.4, 0.5) is 11.8 Å². The summed E-state index contributed by atoms with van der Waals surface area (Å²) in [5.41, 5.74) is 0. The van der Waals surface area contributed by atoms with Crippen LogP contribution in [-0.2, 0) is 0 Å². The summed E-state index contributed by atoms with van der Waals surface area (Å²) in [6, 6.07) is 3.67. The van der Waals surface area contributed by atoms with Crippen molar-refractivity contribution in [1.82, 2.24) is 15.2 Å². The second-order valence-corrected chi connectivity index (χ2v) is 2.50. The molecule has 0 aliphatic heterocycles. The Morgan fingerprint density at radius 2 is 2.23 bits per heavy atom. The molecule has 2 aromatic rings. The molecule has 5 nitrogen and oxygen atoms in total. The fraction of sp³-hybridized carbons (Fsp3) is 0.125. The van der Waals surface area contributed by atoms with Gasteiger partial charge >= 0.3 is 0 Å². The molecule has 0 saturated carbocycles. The normalized spacial score (nSPS) is 9.92. The van der Waals surface area contributed by atoms with Gasteiger partial charge in [0, 0.05) is 6.07 Å². The zero-order chi connectivity index (χ0) is 9.10. The molecule has 0 radical (unpaired) electrons. The molecule has 0 fully saturated rings. The van der Waals surface area contributed by atoms with Crippen LogP contribution in [0.5, 0.6) is 0 Å². The minimum absolute atomic E-state index is 0.428. The predicted molar refractivity (Wildman–Crippen MR) is 46.6 cm³/mol. The summed E-state index contributed by atoms with van der Waals surface area (Å²) in [6.07, 6.45) is 3.07. The lowest BCUT2D eigenvalue weighted by Crippen LogP contribution is -1.95. The topological polar surface area (TPSA) is 63.8 Å². The number of rotatable bonds is 2. The molecule has 0 spiro atoms. The van der Waals surface area contributed by atoms with E-state index in [-0.39, 0.29) is 0 Å². The summed E-state index contributed by atoms with van der Waals surface area (Å²) in [5.74, 6) is 1.88. The fourth-order valence-electron chi connectivity index (χ4n) is 0.917. The first kappa shape index (κ1) is 7.72. The molecular formula is C8H8N4O. The van der Waals surface area contributed by atoms with E-state index in [9.17, 15) is 0 Å². The number of nitrogens with one attached hydrogen (secondary N) is 1. The van der Waals surface area contributed by atoms with E-state index in [0.717, 1.165) is 5.76 Å². The van der Waals surface area contributed by atoms with Gasteiger partial charge in [-0.15, -0.1) is 5.10 Å². The van der Waals surface area contributed by atoms with Gasteiger partial charge in [-0.2, -0.15) is 5.10 Å². The molecule has 0 aromatic carbocycles. The van der Waals surface area contributed by atoms with Crippen LogP contribution in [-0.4, -0.2) is 15.2 Å². The van der Waals surface area contributed by atoms with Crippen molar-refractivity contribution in [1.29, 1.82) is 0 Å². The lowest BCUT2D eigenvalue weighted by atomic mass is 10.5. The van der Waals surface area contributed by atoms with Crippen LogP contribution in [0.25, 0.3) is 0 Å². The molecule has 5 heteroatoms. The Morgan fingerprint density at radius 1 is 1.31 bits per heavy atom. The van der Waals surface area contributed by atoms with E-state index < -0.39 is 0 Å². The Hall–Kier alpha value is -1.91. The van der Waals surface area contributed by atoms with Crippen molar-refractivity contribution in [2.75, 3.05) is 5.32 Å². The van der Waals surface area contributed by atoms with Crippen LogP contribution in [0.1, 0.15) is 5.76 Å². The highest BCUT2D eigenvalue weighted by Crippen LogP contribution is 2.14. The van der Waals surface area contributed by atoms with Crippen LogP contribution in [0.3, 0.4) is 0 Å². The maximum atomic E-state index is 5.27. The molecule has 0 aliphatic rings. The Bertz CT molecular complexity index is 384. The minimum atomic E-state index is 0.428. The molecule has 2 heterocycles. The second kappa shape index (κ2) is 3.22. The maximum absolute atomic E-state index is 5.27. The van der Waals surface area contributed by atoms with Crippen molar-refractivity contribution in [3.05, 3.63) is 30.3 Å². The number of anilines is 2. The zero-order valence-electron chi connectivity index (χ0n) is 7.06. The number of aryl methyl sites for hydroxylation is 1. The van der Waals surface area contributed by atoms with E-state index in [2.05, 4.69) is 20.5 Å². The first-order valence-electron chi connectivity index (χ1n) is 3.82. The molecule has 0 atom stereocenters. The average molecular weight is 176 g/mol. The number of furan rings is 1. The van der Waals surface area contributed by atoms with E-state index in [1.807, 2.05) is 19.1 Å². The molecular weight excluding hydrogens is 168 g/mol. The Labute approximate surface area is 74.8 Å². The first-order chi connectivity index (χ1) is 6.34. The maximum Gasteiger partial charge on any atom is 0.249 e. The number of hydrogen-bond acceptors (Lipinski definition) is 5. The third-order valence-electron chi connectivity index (χ3n) is 1.46. The predicted octanol–water partition coefficient (Wildman–Crippen LogP) is 1.52. The summed E-state index contributed by atoms with van der Waals surface area (Å²) < 4.78 is 5.27. The average Bonchev–Trinajstić information content (AvgIpc) is 2.53. The molecule has 2 rings (SSSR count). The number of aromatic nitrogens is 3. The van der Waals surface area contributed by atoms with Crippen molar-refractivity contribution in [3.63, 3.8) is 0 Å². The Morgan fingerprint density at radius 3 is 2.85 bits per heavy atom. The van der Waals surface area contributed by atoms with E-state index in [0.29, 0.717) is 11.8 Å². The number of hydrogen-bond donors (Lipinski definition) is 1. The van der Waals surface area contributed by atoms with Gasteiger partial charge in [-0.05, 0) is 13.0 Å². The van der Waals surface area contributed by atoms with Gasteiger partial charge in [0.1, 0.15) is 5.76 Å². The third kappa shape index (κ3) is 1.81. The van der Waals surface area contributed by atoms with Gasteiger partial charge in [-0.3, -0.25) is 5.32 Å². The monoisotopic (exact) mass is 176 g/mol. The standard InChI is InChI=1S/C8H8N4O/c1-6-2-3-7(13-6)11-8-9-4-5-10-12-8/h2-5H,1H3,(H,9,11,12). The smallest absolute Gasteiger partial charge is 0.249 e. The van der Waals surface area contributed by atoms with Crippen LogP contribution in [0.15, 0.2) is 28.9 Å². The SMILES string of the molecule is Cc1ccc(Nc2nccnn2)o1. The summed E-state index contributed by atoms with van der Waals surface area (Å²) in [6.45, 7) is 1.87. The summed E-state index contributed by atoms with van der Waals surface area (Å²) in [5, 5.41) is 10.3. The second-order valence-electron chi connectivity index (χ2n) is 2.50. The van der Waals surface area contributed by atoms with Crippen molar-refractivity contribution in [2.45, 2.75) is 6.92 Å².